The quantitative estimate of drug-likeness (QED) is 0.641. The third-order valence-corrected chi connectivity index (χ3v) is 6.16. The summed E-state index contributed by atoms with van der Waals surface area (Å²) in [5.74, 6) is 0.700. The Labute approximate surface area is 186 Å². The van der Waals surface area contributed by atoms with Gasteiger partial charge in [0.05, 0.1) is 17.8 Å². The number of hydrogen-bond acceptors (Lipinski definition) is 6. The maximum absolute atomic E-state index is 12.7. The minimum absolute atomic E-state index is 0.0230. The van der Waals surface area contributed by atoms with E-state index in [2.05, 4.69) is 38.3 Å². The van der Waals surface area contributed by atoms with Crippen LogP contribution in [0.1, 0.15) is 5.56 Å². The first-order chi connectivity index (χ1) is 15.2. The van der Waals surface area contributed by atoms with Crippen LogP contribution in [0.15, 0.2) is 82.7 Å². The van der Waals surface area contributed by atoms with Crippen LogP contribution in [-0.2, 0) is 4.79 Å². The predicted octanol–water partition coefficient (Wildman–Crippen LogP) is 3.87. The Morgan fingerprint density at radius 3 is 2.52 bits per heavy atom. The lowest BCUT2D eigenvalue weighted by molar-refractivity contribution is -0.117. The maximum atomic E-state index is 12.7. The molecule has 3 aromatic rings. The van der Waals surface area contributed by atoms with Crippen molar-refractivity contribution in [3.8, 4) is 6.07 Å². The van der Waals surface area contributed by atoms with Crippen LogP contribution >= 0.6 is 11.8 Å². The molecule has 0 bridgehead atoms. The van der Waals surface area contributed by atoms with Gasteiger partial charge in [0.15, 0.2) is 0 Å². The summed E-state index contributed by atoms with van der Waals surface area (Å²) >= 11 is 1.64. The number of pyridine rings is 1. The van der Waals surface area contributed by atoms with E-state index in [1.54, 1.807) is 30.1 Å². The van der Waals surface area contributed by atoms with Gasteiger partial charge >= 0.3 is 0 Å². The number of para-hydroxylation sites is 1. The Hall–Kier alpha value is -3.34. The number of piperazine rings is 1. The molecular formula is C24H23N5OS. The molecule has 0 aliphatic carbocycles. The molecule has 6 nitrogen and oxygen atoms in total. The monoisotopic (exact) mass is 429 g/mol. The van der Waals surface area contributed by atoms with Crippen molar-refractivity contribution < 1.29 is 4.79 Å². The summed E-state index contributed by atoms with van der Waals surface area (Å²) in [5, 5.41) is 12.4. The highest BCUT2D eigenvalue weighted by atomic mass is 32.2. The molecule has 1 aliphatic rings. The molecule has 2 heterocycles. The first kappa shape index (κ1) is 20.9. The van der Waals surface area contributed by atoms with Crippen molar-refractivity contribution in [3.05, 3.63) is 78.5 Å². The Morgan fingerprint density at radius 1 is 1.00 bits per heavy atom. The van der Waals surface area contributed by atoms with Crippen LogP contribution in [0.2, 0.25) is 0 Å². The molecule has 1 amide bonds. The van der Waals surface area contributed by atoms with E-state index < -0.39 is 0 Å². The first-order valence-electron chi connectivity index (χ1n) is 10.2. The summed E-state index contributed by atoms with van der Waals surface area (Å²) in [7, 11) is 0. The number of rotatable bonds is 6. The zero-order valence-electron chi connectivity index (χ0n) is 17.1. The summed E-state index contributed by atoms with van der Waals surface area (Å²) < 4.78 is 0. The number of nitrogens with zero attached hydrogens (tertiary/aromatic N) is 4. The second-order valence-corrected chi connectivity index (χ2v) is 8.32. The number of nitriles is 1. The molecule has 1 fully saturated rings. The summed E-state index contributed by atoms with van der Waals surface area (Å²) in [6, 6.07) is 23.8. The van der Waals surface area contributed by atoms with Gasteiger partial charge in [-0.15, -0.1) is 0 Å². The van der Waals surface area contributed by atoms with Gasteiger partial charge in [0, 0.05) is 42.2 Å². The zero-order valence-corrected chi connectivity index (χ0v) is 17.9. The van der Waals surface area contributed by atoms with Gasteiger partial charge in [-0.1, -0.05) is 42.1 Å². The molecule has 2 aromatic carbocycles. The van der Waals surface area contributed by atoms with E-state index in [-0.39, 0.29) is 5.91 Å². The van der Waals surface area contributed by atoms with Crippen molar-refractivity contribution in [2.45, 2.75) is 9.79 Å². The smallest absolute Gasteiger partial charge is 0.238 e. The van der Waals surface area contributed by atoms with Gasteiger partial charge < -0.3 is 10.2 Å². The average molecular weight is 430 g/mol. The number of hydrogen-bond donors (Lipinski definition) is 1. The van der Waals surface area contributed by atoms with E-state index in [0.717, 1.165) is 47.5 Å². The highest BCUT2D eigenvalue weighted by Gasteiger charge is 2.22. The average Bonchev–Trinajstić information content (AvgIpc) is 2.81. The van der Waals surface area contributed by atoms with Crippen LogP contribution < -0.4 is 10.2 Å². The first-order valence-corrected chi connectivity index (χ1v) is 11.0. The molecule has 1 aliphatic heterocycles. The number of carbonyl (C=O) groups is 1. The van der Waals surface area contributed by atoms with Crippen molar-refractivity contribution in [1.29, 1.82) is 5.26 Å². The van der Waals surface area contributed by atoms with E-state index in [9.17, 15) is 10.1 Å². The lowest BCUT2D eigenvalue weighted by Gasteiger charge is -2.35. The summed E-state index contributed by atoms with van der Waals surface area (Å²) in [6.07, 6.45) is 1.71. The van der Waals surface area contributed by atoms with Crippen LogP contribution in [0.3, 0.4) is 0 Å². The fourth-order valence-electron chi connectivity index (χ4n) is 3.52. The molecule has 7 heteroatoms. The zero-order chi connectivity index (χ0) is 21.5. The minimum Gasteiger partial charge on any atom is -0.353 e. The van der Waals surface area contributed by atoms with E-state index in [1.165, 1.54) is 0 Å². The van der Waals surface area contributed by atoms with Crippen LogP contribution in [0.25, 0.3) is 0 Å². The lowest BCUT2D eigenvalue weighted by Crippen LogP contribution is -2.49. The number of benzene rings is 2. The number of aromatic nitrogens is 1. The van der Waals surface area contributed by atoms with Crippen LogP contribution in [-0.4, -0.2) is 48.5 Å². The Morgan fingerprint density at radius 2 is 1.74 bits per heavy atom. The molecule has 0 saturated carbocycles. The molecule has 4 rings (SSSR count). The third kappa shape index (κ3) is 5.43. The Balaban J connectivity index is 1.33. The van der Waals surface area contributed by atoms with Gasteiger partial charge in [0.25, 0.3) is 0 Å². The van der Waals surface area contributed by atoms with Crippen molar-refractivity contribution in [2.75, 3.05) is 42.9 Å². The highest BCUT2D eigenvalue weighted by Crippen LogP contribution is 2.33. The van der Waals surface area contributed by atoms with E-state index in [1.807, 2.05) is 42.5 Å². The molecule has 31 heavy (non-hydrogen) atoms. The molecule has 0 unspecified atom stereocenters. The largest absolute Gasteiger partial charge is 0.353 e. The van der Waals surface area contributed by atoms with Gasteiger partial charge in [-0.2, -0.15) is 5.26 Å². The van der Waals surface area contributed by atoms with Gasteiger partial charge in [0.2, 0.25) is 5.91 Å². The van der Waals surface area contributed by atoms with Crippen LogP contribution in [0.4, 0.5) is 11.5 Å². The normalized spacial score (nSPS) is 14.1. The Kier molecular flexibility index (Phi) is 6.82. The highest BCUT2D eigenvalue weighted by molar-refractivity contribution is 7.99. The van der Waals surface area contributed by atoms with E-state index >= 15 is 0 Å². The maximum Gasteiger partial charge on any atom is 0.238 e. The number of nitrogens with one attached hydrogen (secondary N) is 1. The van der Waals surface area contributed by atoms with Crippen molar-refractivity contribution in [2.24, 2.45) is 0 Å². The molecule has 156 valence electrons. The summed E-state index contributed by atoms with van der Waals surface area (Å²) in [6.45, 7) is 3.30. The fourth-order valence-corrected chi connectivity index (χ4v) is 4.44. The summed E-state index contributed by atoms with van der Waals surface area (Å²) in [4.78, 5) is 23.5. The molecule has 0 spiro atoms. The number of anilines is 2. The van der Waals surface area contributed by atoms with Crippen molar-refractivity contribution in [1.82, 2.24) is 9.88 Å². The van der Waals surface area contributed by atoms with Gasteiger partial charge in [-0.3, -0.25) is 9.69 Å². The Bertz CT molecular complexity index is 1070. The standard InChI is InChI=1S/C24H23N5OS/c25-17-19-7-6-12-26-24(19)29-15-13-28(14-16-29)18-23(30)27-21-10-4-5-11-22(21)31-20-8-2-1-3-9-20/h1-12H,13-16,18H2,(H,27,30). The van der Waals surface area contributed by atoms with Gasteiger partial charge in [0.1, 0.15) is 11.9 Å². The topological polar surface area (TPSA) is 72.3 Å². The van der Waals surface area contributed by atoms with Crippen molar-refractivity contribution in [3.63, 3.8) is 0 Å². The second-order valence-electron chi connectivity index (χ2n) is 7.21. The molecule has 0 atom stereocenters. The third-order valence-electron chi connectivity index (χ3n) is 5.08. The van der Waals surface area contributed by atoms with Gasteiger partial charge in [-0.05, 0) is 36.4 Å². The number of carbonyl (C=O) groups excluding carboxylic acids is 1. The second kappa shape index (κ2) is 10.1. The van der Waals surface area contributed by atoms with E-state index in [0.29, 0.717) is 12.1 Å². The molecule has 0 radical (unpaired) electrons. The molecule has 1 saturated heterocycles. The summed E-state index contributed by atoms with van der Waals surface area (Å²) in [5.41, 5.74) is 1.41. The SMILES string of the molecule is N#Cc1cccnc1N1CCN(CC(=O)Nc2ccccc2Sc2ccccc2)CC1. The molecular weight excluding hydrogens is 406 g/mol. The van der Waals surface area contributed by atoms with Gasteiger partial charge in [-0.25, -0.2) is 4.98 Å². The molecule has 1 aromatic heterocycles. The van der Waals surface area contributed by atoms with Crippen LogP contribution in [0.5, 0.6) is 0 Å². The van der Waals surface area contributed by atoms with Crippen LogP contribution in [0, 0.1) is 11.3 Å². The minimum atomic E-state index is -0.0230. The predicted molar refractivity (Wildman–Crippen MR) is 123 cm³/mol. The lowest BCUT2D eigenvalue weighted by atomic mass is 10.2. The van der Waals surface area contributed by atoms with Crippen molar-refractivity contribution >= 4 is 29.2 Å². The number of amides is 1. The van der Waals surface area contributed by atoms with E-state index in [4.69, 9.17) is 0 Å². The molecule has 1 N–H and O–H groups in total. The fraction of sp³-hybridized carbons (Fsp3) is 0.208.